The highest BCUT2D eigenvalue weighted by Gasteiger charge is 2.86. The summed E-state index contributed by atoms with van der Waals surface area (Å²) in [4.78, 5) is 0. The summed E-state index contributed by atoms with van der Waals surface area (Å²) in [5.41, 5.74) is -1.65. The van der Waals surface area contributed by atoms with E-state index in [0.717, 1.165) is 19.3 Å². The van der Waals surface area contributed by atoms with Crippen molar-refractivity contribution in [1.29, 1.82) is 0 Å². The number of aliphatic hydroxyl groups is 2. The first-order chi connectivity index (χ1) is 22.5. The predicted octanol–water partition coefficient (Wildman–Crippen LogP) is 8.36. The summed E-state index contributed by atoms with van der Waals surface area (Å²) in [6.07, 6.45) is 2.89. The molecule has 2 aromatic carbocycles. The van der Waals surface area contributed by atoms with E-state index in [-0.39, 0.29) is 33.1 Å². The number of aliphatic hydroxyl groups excluding tert-OH is 1. The molecule has 274 valence electrons. The summed E-state index contributed by atoms with van der Waals surface area (Å²) < 4.78 is 21.6. The first-order valence-corrected chi connectivity index (χ1v) is 26.5. The molecule has 2 aromatic rings. The summed E-state index contributed by atoms with van der Waals surface area (Å²) in [7, 11) is -7.01. The second kappa shape index (κ2) is 12.8. The Kier molecular flexibility index (Phi) is 10.2. The van der Waals surface area contributed by atoms with Crippen LogP contribution in [0, 0.1) is 28.6 Å². The molecule has 0 aromatic heterocycles. The van der Waals surface area contributed by atoms with Crippen LogP contribution in [0.4, 0.5) is 0 Å². The van der Waals surface area contributed by atoms with E-state index >= 15 is 0 Å². The Balaban J connectivity index is 1.56. The van der Waals surface area contributed by atoms with Crippen molar-refractivity contribution in [2.24, 2.45) is 28.6 Å². The minimum Gasteiger partial charge on any atom is -0.416 e. The second-order valence-corrected chi connectivity index (χ2v) is 34.0. The zero-order valence-corrected chi connectivity index (χ0v) is 36.1. The molecule has 0 saturated heterocycles. The molecule has 6 atom stereocenters. The fraction of sp³-hybridized carbons (Fsp3) is 0.707. The van der Waals surface area contributed by atoms with Crippen molar-refractivity contribution in [2.45, 2.75) is 128 Å². The van der Waals surface area contributed by atoms with Gasteiger partial charge >= 0.3 is 0 Å². The molecular formula is C41H68O5Si3. The lowest BCUT2D eigenvalue weighted by Gasteiger charge is -2.54. The van der Waals surface area contributed by atoms with E-state index in [2.05, 4.69) is 149 Å². The van der Waals surface area contributed by atoms with Crippen LogP contribution < -0.4 is 10.4 Å². The average molecular weight is 725 g/mol. The Morgan fingerprint density at radius 3 is 1.61 bits per heavy atom. The average Bonchev–Trinajstić information content (AvgIpc) is 3.63. The lowest BCUT2D eigenvalue weighted by atomic mass is 9.58. The molecule has 0 amide bonds. The topological polar surface area (TPSA) is 68.2 Å². The largest absolute Gasteiger partial charge is 0.416 e. The van der Waals surface area contributed by atoms with Crippen LogP contribution in [0.15, 0.2) is 60.7 Å². The van der Waals surface area contributed by atoms with Crippen LogP contribution in [0.5, 0.6) is 0 Å². The van der Waals surface area contributed by atoms with E-state index in [0.29, 0.717) is 25.7 Å². The van der Waals surface area contributed by atoms with E-state index in [1.165, 1.54) is 10.4 Å². The van der Waals surface area contributed by atoms with Gasteiger partial charge in [0.2, 0.25) is 0 Å². The van der Waals surface area contributed by atoms with Gasteiger partial charge in [-0.3, -0.25) is 0 Å². The van der Waals surface area contributed by atoms with Crippen molar-refractivity contribution in [3.63, 3.8) is 0 Å². The van der Waals surface area contributed by atoms with Gasteiger partial charge in [0.05, 0.1) is 12.2 Å². The summed E-state index contributed by atoms with van der Waals surface area (Å²) >= 11 is 0. The molecule has 4 aliphatic carbocycles. The van der Waals surface area contributed by atoms with Crippen molar-refractivity contribution < 1.29 is 23.5 Å². The SMILES string of the molecule is CC(C)(C)[Si](C)(C)OCC12CC3(CO[Si](C)(C)C(C)(C)C)CCC1C2[C@]3(O)[C@@H](CO)CO[Si](c1ccccc1)(c1ccccc1)C(C)(C)C. The van der Waals surface area contributed by atoms with Gasteiger partial charge in [0.1, 0.15) is 0 Å². The minimum atomic E-state index is -2.88. The lowest BCUT2D eigenvalue weighted by molar-refractivity contribution is -0.182. The number of fused-ring (bicyclic) bond motifs is 1. The molecule has 2 N–H and O–H groups in total. The molecular weight excluding hydrogens is 657 g/mol. The van der Waals surface area contributed by atoms with Gasteiger partial charge in [0.15, 0.2) is 16.6 Å². The van der Waals surface area contributed by atoms with Crippen LogP contribution in [0.2, 0.25) is 41.3 Å². The molecule has 0 heterocycles. The first-order valence-electron chi connectivity index (χ1n) is 18.8. The van der Waals surface area contributed by atoms with Gasteiger partial charge in [0.25, 0.3) is 8.32 Å². The minimum absolute atomic E-state index is 0.0619. The Morgan fingerprint density at radius 1 is 0.714 bits per heavy atom. The molecule has 5 nitrogen and oxygen atoms in total. The van der Waals surface area contributed by atoms with E-state index in [1.54, 1.807) is 0 Å². The monoisotopic (exact) mass is 724 g/mol. The molecule has 4 fully saturated rings. The third kappa shape index (κ3) is 6.26. The molecule has 4 unspecified atom stereocenters. The fourth-order valence-corrected chi connectivity index (χ4v) is 16.1. The maximum atomic E-state index is 13.6. The highest BCUT2D eigenvalue weighted by Crippen LogP contribution is 2.84. The summed E-state index contributed by atoms with van der Waals surface area (Å²) in [5, 5.41) is 27.4. The molecule has 0 aliphatic heterocycles. The van der Waals surface area contributed by atoms with Gasteiger partial charge in [-0.2, -0.15) is 0 Å². The summed E-state index contributed by atoms with van der Waals surface area (Å²) in [6.45, 7) is 31.3. The summed E-state index contributed by atoms with van der Waals surface area (Å²) in [5.74, 6) is 0.0302. The van der Waals surface area contributed by atoms with Crippen molar-refractivity contribution in [3.05, 3.63) is 60.7 Å². The van der Waals surface area contributed by atoms with E-state index in [1.807, 2.05) is 0 Å². The van der Waals surface area contributed by atoms with Gasteiger partial charge in [-0.15, -0.1) is 0 Å². The number of hydrogen-bond donors (Lipinski definition) is 2. The maximum Gasteiger partial charge on any atom is 0.261 e. The maximum absolute atomic E-state index is 13.6. The Morgan fingerprint density at radius 2 is 1.18 bits per heavy atom. The fourth-order valence-electron chi connectivity index (χ4n) is 9.39. The van der Waals surface area contributed by atoms with Crippen molar-refractivity contribution in [3.8, 4) is 0 Å². The Labute approximate surface area is 301 Å². The van der Waals surface area contributed by atoms with E-state index in [4.69, 9.17) is 13.3 Å². The van der Waals surface area contributed by atoms with Crippen molar-refractivity contribution >= 4 is 35.3 Å². The van der Waals surface area contributed by atoms with Crippen LogP contribution in [-0.4, -0.2) is 67.2 Å². The highest BCUT2D eigenvalue weighted by molar-refractivity contribution is 6.99. The lowest BCUT2D eigenvalue weighted by Crippen LogP contribution is -2.68. The van der Waals surface area contributed by atoms with Crippen molar-refractivity contribution in [1.82, 2.24) is 0 Å². The number of benzene rings is 2. The normalized spacial score (nSPS) is 29.6. The standard InChI is InChI=1S/C41H68O5Si3/c1-36(2,3)47(10,11)45-29-39-25-24-34-35(40(34,28-39)30-46-48(12,13)37(4,5)6)41(39,43)31(26-42)27-44-49(38(7,8)9,32-20-16-14-17-21-32)33-22-18-15-19-23-33/h14-23,31,34-35,42-43H,24-30H2,1-13H3/t31-,34?,35?,39?,40?,41+/m0/s1. The molecule has 0 radical (unpaired) electrons. The predicted molar refractivity (Wildman–Crippen MR) is 211 cm³/mol. The van der Waals surface area contributed by atoms with Gasteiger partial charge in [0, 0.05) is 42.5 Å². The van der Waals surface area contributed by atoms with Crippen LogP contribution in [0.1, 0.15) is 81.6 Å². The number of hydrogen-bond acceptors (Lipinski definition) is 5. The summed E-state index contributed by atoms with van der Waals surface area (Å²) in [6, 6.07) is 21.4. The quantitative estimate of drug-likeness (QED) is 0.203. The third-order valence-electron chi connectivity index (χ3n) is 14.4. The molecule has 4 aliphatic rings. The highest BCUT2D eigenvalue weighted by atomic mass is 28.4. The third-order valence-corrected chi connectivity index (χ3v) is 28.3. The van der Waals surface area contributed by atoms with E-state index < -0.39 is 41.9 Å². The zero-order valence-electron chi connectivity index (χ0n) is 33.1. The molecule has 6 rings (SSSR count). The van der Waals surface area contributed by atoms with Gasteiger partial charge < -0.3 is 23.5 Å². The first kappa shape index (κ1) is 39.1. The van der Waals surface area contributed by atoms with E-state index in [9.17, 15) is 10.2 Å². The molecule has 4 saturated carbocycles. The van der Waals surface area contributed by atoms with Crippen LogP contribution in [0.25, 0.3) is 0 Å². The molecule has 8 heteroatoms. The van der Waals surface area contributed by atoms with Crippen LogP contribution in [-0.2, 0) is 13.3 Å². The molecule has 4 bridgehead atoms. The van der Waals surface area contributed by atoms with Crippen molar-refractivity contribution in [2.75, 3.05) is 26.4 Å². The van der Waals surface area contributed by atoms with Gasteiger partial charge in [-0.1, -0.05) is 123 Å². The van der Waals surface area contributed by atoms with Gasteiger partial charge in [-0.05, 0) is 76.9 Å². The molecule has 0 spiro atoms. The second-order valence-electron chi connectivity index (χ2n) is 20.1. The Hall–Kier alpha value is -1.11. The molecule has 49 heavy (non-hydrogen) atoms. The van der Waals surface area contributed by atoms with Crippen LogP contribution >= 0.6 is 0 Å². The van der Waals surface area contributed by atoms with Gasteiger partial charge in [-0.25, -0.2) is 0 Å². The smallest absolute Gasteiger partial charge is 0.261 e. The zero-order chi connectivity index (χ0) is 36.5. The number of rotatable bonds is 13. The Bertz CT molecular complexity index is 1400. The van der Waals surface area contributed by atoms with Crippen LogP contribution in [0.3, 0.4) is 0 Å².